The Kier molecular flexibility index (Phi) is 3.71. The summed E-state index contributed by atoms with van der Waals surface area (Å²) >= 11 is 0. The van der Waals surface area contributed by atoms with Crippen molar-refractivity contribution in [2.45, 2.75) is 45.7 Å². The Morgan fingerprint density at radius 3 is 2.37 bits per heavy atom. The van der Waals surface area contributed by atoms with Crippen LogP contribution in [0.2, 0.25) is 0 Å². The molecule has 19 heavy (non-hydrogen) atoms. The van der Waals surface area contributed by atoms with Crippen molar-refractivity contribution in [1.29, 1.82) is 0 Å². The summed E-state index contributed by atoms with van der Waals surface area (Å²) in [6.07, 6.45) is 0. The smallest absolute Gasteiger partial charge is 0.1000 e. The van der Waals surface area contributed by atoms with Gasteiger partial charge in [0.25, 0.3) is 0 Å². The summed E-state index contributed by atoms with van der Waals surface area (Å²) in [6.45, 7) is 9.06. The number of hydrogen-bond acceptors (Lipinski definition) is 3. The minimum Gasteiger partial charge on any atom is -0.325 e. The molecule has 4 heteroatoms. The van der Waals surface area contributed by atoms with E-state index in [0.29, 0.717) is 6.54 Å². The summed E-state index contributed by atoms with van der Waals surface area (Å²) in [5.41, 5.74) is 8.98. The molecule has 0 radical (unpaired) electrons. The molecule has 0 aliphatic rings. The van der Waals surface area contributed by atoms with E-state index in [2.05, 4.69) is 50.1 Å². The standard InChI is InChI=1S/C15H22N4/c1-11(12-8-6-5-7-9-12)19-14(15(2,3)4)13(10-16)17-18-19/h5-9,11H,10,16H2,1-4H3. The summed E-state index contributed by atoms with van der Waals surface area (Å²) in [4.78, 5) is 0. The maximum absolute atomic E-state index is 5.78. The largest absolute Gasteiger partial charge is 0.325 e. The number of benzene rings is 1. The Bertz CT molecular complexity index is 537. The van der Waals surface area contributed by atoms with Gasteiger partial charge in [-0.2, -0.15) is 0 Å². The molecule has 2 aromatic rings. The van der Waals surface area contributed by atoms with Gasteiger partial charge in [0, 0.05) is 12.0 Å². The highest BCUT2D eigenvalue weighted by Crippen LogP contribution is 2.28. The van der Waals surface area contributed by atoms with Crippen molar-refractivity contribution in [2.75, 3.05) is 0 Å². The molecule has 1 aromatic carbocycles. The molecule has 0 saturated heterocycles. The predicted molar refractivity (Wildman–Crippen MR) is 76.9 cm³/mol. The van der Waals surface area contributed by atoms with Gasteiger partial charge in [0.15, 0.2) is 0 Å². The summed E-state index contributed by atoms with van der Waals surface area (Å²) < 4.78 is 2.00. The maximum Gasteiger partial charge on any atom is 0.1000 e. The van der Waals surface area contributed by atoms with E-state index in [1.54, 1.807) is 0 Å². The van der Waals surface area contributed by atoms with E-state index in [0.717, 1.165) is 11.4 Å². The van der Waals surface area contributed by atoms with Gasteiger partial charge >= 0.3 is 0 Å². The topological polar surface area (TPSA) is 56.7 Å². The lowest BCUT2D eigenvalue weighted by Gasteiger charge is -2.24. The zero-order chi connectivity index (χ0) is 14.0. The van der Waals surface area contributed by atoms with Crippen LogP contribution in [0, 0.1) is 0 Å². The monoisotopic (exact) mass is 258 g/mol. The molecule has 0 fully saturated rings. The summed E-state index contributed by atoms with van der Waals surface area (Å²) in [5, 5.41) is 8.55. The van der Waals surface area contributed by atoms with Gasteiger partial charge in [-0.3, -0.25) is 0 Å². The lowest BCUT2D eigenvalue weighted by Crippen LogP contribution is -2.23. The van der Waals surface area contributed by atoms with Gasteiger partial charge < -0.3 is 5.73 Å². The van der Waals surface area contributed by atoms with E-state index >= 15 is 0 Å². The van der Waals surface area contributed by atoms with Gasteiger partial charge in [-0.25, -0.2) is 4.68 Å². The average Bonchev–Trinajstić information content (AvgIpc) is 2.82. The molecule has 102 valence electrons. The molecule has 0 bridgehead atoms. The molecule has 1 unspecified atom stereocenters. The first-order valence-corrected chi connectivity index (χ1v) is 6.64. The molecule has 1 aromatic heterocycles. The Hall–Kier alpha value is -1.68. The van der Waals surface area contributed by atoms with Crippen LogP contribution in [0.15, 0.2) is 30.3 Å². The molecule has 0 aliphatic heterocycles. The van der Waals surface area contributed by atoms with Crippen LogP contribution in [-0.4, -0.2) is 15.0 Å². The van der Waals surface area contributed by atoms with Crippen molar-refractivity contribution in [3.05, 3.63) is 47.3 Å². The predicted octanol–water partition coefficient (Wildman–Crippen LogP) is 2.64. The molecule has 2 rings (SSSR count). The lowest BCUT2D eigenvalue weighted by atomic mass is 9.89. The molecule has 1 atom stereocenters. The molecule has 0 saturated carbocycles. The van der Waals surface area contributed by atoms with Crippen LogP contribution < -0.4 is 5.73 Å². The third-order valence-corrected chi connectivity index (χ3v) is 3.32. The molecular weight excluding hydrogens is 236 g/mol. The van der Waals surface area contributed by atoms with Crippen molar-refractivity contribution >= 4 is 0 Å². The van der Waals surface area contributed by atoms with Crippen molar-refractivity contribution < 1.29 is 0 Å². The second-order valence-electron chi connectivity index (χ2n) is 5.87. The van der Waals surface area contributed by atoms with E-state index in [4.69, 9.17) is 5.73 Å². The second-order valence-corrected chi connectivity index (χ2v) is 5.87. The number of rotatable bonds is 3. The van der Waals surface area contributed by atoms with Crippen molar-refractivity contribution in [3.63, 3.8) is 0 Å². The number of aromatic nitrogens is 3. The Labute approximate surface area is 114 Å². The van der Waals surface area contributed by atoms with Gasteiger partial charge in [-0.05, 0) is 12.5 Å². The van der Waals surface area contributed by atoms with Gasteiger partial charge in [-0.1, -0.05) is 56.3 Å². The molecule has 0 spiro atoms. The number of nitrogens with two attached hydrogens (primary N) is 1. The highest BCUT2D eigenvalue weighted by atomic mass is 15.4. The van der Waals surface area contributed by atoms with Crippen LogP contribution >= 0.6 is 0 Å². The van der Waals surface area contributed by atoms with Crippen LogP contribution in [0.3, 0.4) is 0 Å². The second kappa shape index (κ2) is 5.13. The van der Waals surface area contributed by atoms with E-state index in [1.807, 2.05) is 22.9 Å². The molecule has 4 nitrogen and oxygen atoms in total. The minimum absolute atomic E-state index is 0.0265. The normalized spacial score (nSPS) is 13.5. The Balaban J connectivity index is 2.49. The summed E-state index contributed by atoms with van der Waals surface area (Å²) in [6, 6.07) is 10.5. The lowest BCUT2D eigenvalue weighted by molar-refractivity contribution is 0.454. The SMILES string of the molecule is CC(c1ccccc1)n1nnc(CN)c1C(C)(C)C. The summed E-state index contributed by atoms with van der Waals surface area (Å²) in [5.74, 6) is 0. The molecule has 2 N–H and O–H groups in total. The molecule has 0 aliphatic carbocycles. The van der Waals surface area contributed by atoms with Crippen LogP contribution in [0.25, 0.3) is 0 Å². The fourth-order valence-corrected chi connectivity index (χ4v) is 2.38. The maximum atomic E-state index is 5.78. The van der Waals surface area contributed by atoms with Crippen molar-refractivity contribution in [1.82, 2.24) is 15.0 Å². The van der Waals surface area contributed by atoms with Gasteiger partial charge in [0.1, 0.15) is 0 Å². The van der Waals surface area contributed by atoms with E-state index < -0.39 is 0 Å². The van der Waals surface area contributed by atoms with Gasteiger partial charge in [0.2, 0.25) is 0 Å². The Morgan fingerprint density at radius 1 is 1.21 bits per heavy atom. The number of nitrogens with zero attached hydrogens (tertiary/aromatic N) is 3. The van der Waals surface area contributed by atoms with Gasteiger partial charge in [-0.15, -0.1) is 5.10 Å². The van der Waals surface area contributed by atoms with Gasteiger partial charge in [0.05, 0.1) is 17.4 Å². The quantitative estimate of drug-likeness (QED) is 0.920. The third kappa shape index (κ3) is 2.68. The van der Waals surface area contributed by atoms with E-state index in [1.165, 1.54) is 5.56 Å². The molecule has 1 heterocycles. The van der Waals surface area contributed by atoms with Crippen LogP contribution in [0.5, 0.6) is 0 Å². The van der Waals surface area contributed by atoms with E-state index in [9.17, 15) is 0 Å². The minimum atomic E-state index is -0.0265. The van der Waals surface area contributed by atoms with Crippen LogP contribution in [0.1, 0.15) is 50.7 Å². The fourth-order valence-electron chi connectivity index (χ4n) is 2.38. The van der Waals surface area contributed by atoms with Crippen molar-refractivity contribution in [3.8, 4) is 0 Å². The van der Waals surface area contributed by atoms with Crippen LogP contribution in [-0.2, 0) is 12.0 Å². The molecule has 0 amide bonds. The highest BCUT2D eigenvalue weighted by Gasteiger charge is 2.27. The number of hydrogen-bond donors (Lipinski definition) is 1. The first-order valence-electron chi connectivity index (χ1n) is 6.64. The fraction of sp³-hybridized carbons (Fsp3) is 0.467. The first-order chi connectivity index (χ1) is 8.95. The third-order valence-electron chi connectivity index (χ3n) is 3.32. The average molecular weight is 258 g/mol. The van der Waals surface area contributed by atoms with Crippen LogP contribution in [0.4, 0.5) is 0 Å². The van der Waals surface area contributed by atoms with E-state index in [-0.39, 0.29) is 11.5 Å². The molecular formula is C15H22N4. The zero-order valence-electron chi connectivity index (χ0n) is 12.1. The zero-order valence-corrected chi connectivity index (χ0v) is 12.1. The summed E-state index contributed by atoms with van der Waals surface area (Å²) in [7, 11) is 0. The Morgan fingerprint density at radius 2 is 1.84 bits per heavy atom. The highest BCUT2D eigenvalue weighted by molar-refractivity contribution is 5.24. The first kappa shape index (κ1) is 13.7. The van der Waals surface area contributed by atoms with Crippen molar-refractivity contribution in [2.24, 2.45) is 5.73 Å².